The Hall–Kier alpha value is -3.77. The first kappa shape index (κ1) is 20.0. The molecule has 1 heterocycles. The maximum absolute atomic E-state index is 12.7. The summed E-state index contributed by atoms with van der Waals surface area (Å²) in [4.78, 5) is 36.8. The fourth-order valence-electron chi connectivity index (χ4n) is 2.95. The Balaban J connectivity index is 1.92. The number of para-hydroxylation sites is 1. The maximum atomic E-state index is 12.7. The Morgan fingerprint density at radius 2 is 1.93 bits per heavy atom. The lowest BCUT2D eigenvalue weighted by molar-refractivity contribution is -0.385. The highest BCUT2D eigenvalue weighted by atomic mass is 32.1. The normalized spacial score (nSPS) is 11.4. The lowest BCUT2D eigenvalue weighted by Gasteiger charge is -2.20. The van der Waals surface area contributed by atoms with Crippen LogP contribution in [-0.4, -0.2) is 34.7 Å². The Labute approximate surface area is 170 Å². The van der Waals surface area contributed by atoms with Gasteiger partial charge in [-0.05, 0) is 28.5 Å². The van der Waals surface area contributed by atoms with Crippen LogP contribution in [0.1, 0.15) is 15.9 Å². The van der Waals surface area contributed by atoms with Gasteiger partial charge in [0.15, 0.2) is 6.19 Å². The monoisotopic (exact) mass is 408 g/mol. The largest absolute Gasteiger partial charge is 0.340 e. The van der Waals surface area contributed by atoms with Gasteiger partial charge in [-0.3, -0.25) is 24.6 Å². The highest BCUT2D eigenvalue weighted by Gasteiger charge is 2.28. The van der Waals surface area contributed by atoms with Gasteiger partial charge in [-0.15, -0.1) is 11.3 Å². The number of nitriles is 1. The molecule has 1 atom stereocenters. The lowest BCUT2D eigenvalue weighted by atomic mass is 10.0. The molecule has 0 aliphatic heterocycles. The number of nitro groups is 1. The number of carbonyl (C=O) groups is 2. The van der Waals surface area contributed by atoms with Gasteiger partial charge in [-0.2, -0.15) is 5.26 Å². The van der Waals surface area contributed by atoms with Crippen molar-refractivity contribution >= 4 is 38.9 Å². The SMILES string of the molecule is CN(C#N)C(=O)C(Cc1csc2ccccc12)NC(=O)c1ccccc1[N+](=O)[O-]. The molecule has 2 aromatic carbocycles. The summed E-state index contributed by atoms with van der Waals surface area (Å²) in [5, 5.41) is 25.7. The number of thiophene rings is 1. The average molecular weight is 408 g/mol. The molecule has 3 aromatic rings. The molecule has 0 fully saturated rings. The van der Waals surface area contributed by atoms with E-state index in [1.807, 2.05) is 29.6 Å². The van der Waals surface area contributed by atoms with E-state index >= 15 is 0 Å². The van der Waals surface area contributed by atoms with Gasteiger partial charge in [0.1, 0.15) is 11.6 Å². The predicted molar refractivity (Wildman–Crippen MR) is 108 cm³/mol. The summed E-state index contributed by atoms with van der Waals surface area (Å²) >= 11 is 1.51. The van der Waals surface area contributed by atoms with E-state index in [2.05, 4.69) is 5.32 Å². The summed E-state index contributed by atoms with van der Waals surface area (Å²) in [5.74, 6) is -1.35. The first-order valence-corrected chi connectivity index (χ1v) is 9.47. The summed E-state index contributed by atoms with van der Waals surface area (Å²) in [6, 6.07) is 12.1. The molecule has 0 aliphatic carbocycles. The van der Waals surface area contributed by atoms with Gasteiger partial charge in [0.2, 0.25) is 0 Å². The zero-order chi connectivity index (χ0) is 21.0. The van der Waals surface area contributed by atoms with Crippen molar-refractivity contribution in [1.82, 2.24) is 10.2 Å². The first-order chi connectivity index (χ1) is 13.9. The molecule has 0 saturated heterocycles. The van der Waals surface area contributed by atoms with E-state index in [0.29, 0.717) is 0 Å². The van der Waals surface area contributed by atoms with E-state index in [-0.39, 0.29) is 17.7 Å². The van der Waals surface area contributed by atoms with Gasteiger partial charge in [-0.25, -0.2) is 0 Å². The van der Waals surface area contributed by atoms with Crippen molar-refractivity contribution in [3.8, 4) is 6.19 Å². The van der Waals surface area contributed by atoms with E-state index in [1.54, 1.807) is 6.19 Å². The molecule has 0 aliphatic rings. The van der Waals surface area contributed by atoms with Gasteiger partial charge in [0, 0.05) is 24.2 Å². The van der Waals surface area contributed by atoms with Crippen LogP contribution in [0.4, 0.5) is 5.69 Å². The van der Waals surface area contributed by atoms with Crippen LogP contribution in [0.2, 0.25) is 0 Å². The molecule has 1 aromatic heterocycles. The fraction of sp³-hybridized carbons (Fsp3) is 0.150. The minimum Gasteiger partial charge on any atom is -0.340 e. The topological polar surface area (TPSA) is 116 Å². The summed E-state index contributed by atoms with van der Waals surface area (Å²) in [5.41, 5.74) is 0.342. The Kier molecular flexibility index (Phi) is 5.85. The Morgan fingerprint density at radius 1 is 1.24 bits per heavy atom. The van der Waals surface area contributed by atoms with Crippen molar-refractivity contribution in [2.45, 2.75) is 12.5 Å². The molecule has 0 bridgehead atoms. The molecule has 0 radical (unpaired) electrons. The van der Waals surface area contributed by atoms with Crippen LogP contribution >= 0.6 is 11.3 Å². The van der Waals surface area contributed by atoms with Gasteiger partial charge < -0.3 is 5.32 Å². The number of nitrogens with one attached hydrogen (secondary N) is 1. The second kappa shape index (κ2) is 8.50. The van der Waals surface area contributed by atoms with Crippen LogP contribution in [0.15, 0.2) is 53.9 Å². The highest BCUT2D eigenvalue weighted by Crippen LogP contribution is 2.27. The van der Waals surface area contributed by atoms with E-state index in [0.717, 1.165) is 20.5 Å². The lowest BCUT2D eigenvalue weighted by Crippen LogP contribution is -2.47. The zero-order valence-corrected chi connectivity index (χ0v) is 16.2. The highest BCUT2D eigenvalue weighted by molar-refractivity contribution is 7.17. The van der Waals surface area contributed by atoms with Gasteiger partial charge in [0.25, 0.3) is 17.5 Å². The number of rotatable bonds is 6. The van der Waals surface area contributed by atoms with E-state index in [1.165, 1.54) is 42.6 Å². The second-order valence-electron chi connectivity index (χ2n) is 6.26. The van der Waals surface area contributed by atoms with E-state index in [9.17, 15) is 19.7 Å². The second-order valence-corrected chi connectivity index (χ2v) is 7.17. The van der Waals surface area contributed by atoms with E-state index < -0.39 is 22.8 Å². The fourth-order valence-corrected chi connectivity index (χ4v) is 3.93. The van der Waals surface area contributed by atoms with Crippen LogP contribution in [0, 0.1) is 21.6 Å². The molecule has 2 amide bonds. The molecule has 3 rings (SSSR count). The van der Waals surface area contributed by atoms with Crippen molar-refractivity contribution in [3.63, 3.8) is 0 Å². The molecule has 1 unspecified atom stereocenters. The van der Waals surface area contributed by atoms with Crippen molar-refractivity contribution in [3.05, 3.63) is 75.2 Å². The van der Waals surface area contributed by atoms with Crippen LogP contribution < -0.4 is 5.32 Å². The number of nitrogens with zero attached hydrogens (tertiary/aromatic N) is 3. The zero-order valence-electron chi connectivity index (χ0n) is 15.4. The van der Waals surface area contributed by atoms with Crippen molar-refractivity contribution in [2.75, 3.05) is 7.05 Å². The number of fused-ring (bicyclic) bond motifs is 1. The standard InChI is InChI=1S/C20H16N4O4S/c1-23(12-21)20(26)16(10-13-11-29-18-9-5-3-6-14(13)18)22-19(25)15-7-2-4-8-17(15)24(27)28/h2-9,11,16H,10H2,1H3,(H,22,25). The molecule has 29 heavy (non-hydrogen) atoms. The summed E-state index contributed by atoms with van der Waals surface area (Å²) in [6.45, 7) is 0. The minimum absolute atomic E-state index is 0.148. The molecule has 8 nitrogen and oxygen atoms in total. The van der Waals surface area contributed by atoms with Crippen molar-refractivity contribution in [1.29, 1.82) is 5.26 Å². The molecular weight excluding hydrogens is 392 g/mol. The number of amides is 2. The van der Waals surface area contributed by atoms with Crippen LogP contribution in [-0.2, 0) is 11.2 Å². The first-order valence-electron chi connectivity index (χ1n) is 8.59. The third-order valence-electron chi connectivity index (χ3n) is 4.41. The van der Waals surface area contributed by atoms with Crippen molar-refractivity contribution < 1.29 is 14.5 Å². The predicted octanol–water partition coefficient (Wildman–Crippen LogP) is 3.09. The number of carbonyl (C=O) groups excluding carboxylic acids is 2. The van der Waals surface area contributed by atoms with Crippen LogP contribution in [0.5, 0.6) is 0 Å². The average Bonchev–Trinajstić information content (AvgIpc) is 3.15. The molecule has 0 spiro atoms. The number of hydrogen-bond acceptors (Lipinski definition) is 6. The third-order valence-corrected chi connectivity index (χ3v) is 5.43. The van der Waals surface area contributed by atoms with Crippen LogP contribution in [0.25, 0.3) is 10.1 Å². The maximum Gasteiger partial charge on any atom is 0.282 e. The Bertz CT molecular complexity index is 1130. The summed E-state index contributed by atoms with van der Waals surface area (Å²) in [6.07, 6.45) is 1.89. The van der Waals surface area contributed by atoms with Gasteiger partial charge >= 0.3 is 0 Å². The third kappa shape index (κ3) is 4.23. The van der Waals surface area contributed by atoms with Crippen molar-refractivity contribution in [2.24, 2.45) is 0 Å². The van der Waals surface area contributed by atoms with E-state index in [4.69, 9.17) is 5.26 Å². The number of hydrogen-bond donors (Lipinski definition) is 1. The molecule has 1 N–H and O–H groups in total. The molecular formula is C20H16N4O4S. The smallest absolute Gasteiger partial charge is 0.282 e. The molecule has 146 valence electrons. The number of nitro benzene ring substituents is 1. The quantitative estimate of drug-likeness (QED) is 0.291. The van der Waals surface area contributed by atoms with Gasteiger partial charge in [-0.1, -0.05) is 30.3 Å². The molecule has 0 saturated carbocycles. The number of benzene rings is 2. The number of likely N-dealkylation sites (N-methyl/N-ethyl adjacent to an activating group) is 1. The summed E-state index contributed by atoms with van der Waals surface area (Å²) in [7, 11) is 1.30. The van der Waals surface area contributed by atoms with Crippen LogP contribution in [0.3, 0.4) is 0 Å². The Morgan fingerprint density at radius 3 is 2.66 bits per heavy atom. The summed E-state index contributed by atoms with van der Waals surface area (Å²) < 4.78 is 1.03. The minimum atomic E-state index is -1.05. The van der Waals surface area contributed by atoms with Gasteiger partial charge in [0.05, 0.1) is 4.92 Å². The molecule has 9 heteroatoms.